The second kappa shape index (κ2) is 2.92. The van der Waals surface area contributed by atoms with Crippen molar-refractivity contribution in [2.45, 2.75) is 12.8 Å². The maximum Gasteiger partial charge on any atom is 0.289 e. The van der Waals surface area contributed by atoms with Crippen molar-refractivity contribution in [1.29, 1.82) is 0 Å². The first-order valence-corrected chi connectivity index (χ1v) is 4.35. The Labute approximate surface area is 75.8 Å². The first-order chi connectivity index (χ1) is 6.25. The van der Waals surface area contributed by atoms with Crippen molar-refractivity contribution in [3.8, 4) is 0 Å². The topological polar surface area (TPSA) is 61.8 Å². The van der Waals surface area contributed by atoms with Crippen molar-refractivity contribution >= 4 is 17.5 Å². The van der Waals surface area contributed by atoms with Crippen LogP contribution < -0.4 is 5.43 Å². The van der Waals surface area contributed by atoms with Crippen LogP contribution in [0.1, 0.15) is 12.8 Å². The van der Waals surface area contributed by atoms with Gasteiger partial charge < -0.3 is 0 Å². The molecule has 0 spiro atoms. The maximum atomic E-state index is 11.5. The number of fused-ring (bicyclic) bond motifs is 1. The molecule has 2 aliphatic heterocycles. The molecular weight excluding hydrogens is 170 g/mol. The number of carbonyl (C=O) groups excluding carboxylic acids is 2. The van der Waals surface area contributed by atoms with Crippen LogP contribution in [0.5, 0.6) is 0 Å². The van der Waals surface area contributed by atoms with Gasteiger partial charge in [0.15, 0.2) is 0 Å². The number of hydrogen-bond acceptors (Lipinski definition) is 4. The molecule has 2 amide bonds. The van der Waals surface area contributed by atoms with Crippen LogP contribution in [-0.2, 0) is 9.59 Å². The Kier molecular flexibility index (Phi) is 1.88. The Morgan fingerprint density at radius 2 is 2.31 bits per heavy atom. The summed E-state index contributed by atoms with van der Waals surface area (Å²) in [5.74, 6) is -0.725. The Bertz CT molecular complexity index is 298. The normalized spacial score (nSPS) is 27.6. The first-order valence-electron chi connectivity index (χ1n) is 4.35. The van der Waals surface area contributed by atoms with Crippen molar-refractivity contribution in [3.63, 3.8) is 0 Å². The van der Waals surface area contributed by atoms with Gasteiger partial charge in [0.1, 0.15) is 5.71 Å². The van der Waals surface area contributed by atoms with Crippen LogP contribution >= 0.6 is 0 Å². The average molecular weight is 181 g/mol. The fourth-order valence-electron chi connectivity index (χ4n) is 1.78. The van der Waals surface area contributed by atoms with Crippen molar-refractivity contribution in [3.05, 3.63) is 0 Å². The molecule has 2 heterocycles. The molecule has 1 fully saturated rings. The van der Waals surface area contributed by atoms with Gasteiger partial charge in [-0.3, -0.25) is 14.6 Å². The zero-order valence-corrected chi connectivity index (χ0v) is 7.41. The van der Waals surface area contributed by atoms with Gasteiger partial charge in [0.25, 0.3) is 11.8 Å². The van der Waals surface area contributed by atoms with E-state index >= 15 is 0 Å². The summed E-state index contributed by atoms with van der Waals surface area (Å²) in [5, 5.41) is 1.05. The van der Waals surface area contributed by atoms with Gasteiger partial charge in [0.05, 0.1) is 5.92 Å². The van der Waals surface area contributed by atoms with Gasteiger partial charge in [0, 0.05) is 13.6 Å². The third-order valence-electron chi connectivity index (χ3n) is 2.43. The molecule has 1 N–H and O–H groups in total. The molecular formula is C8H11N3O2. The molecule has 0 radical (unpaired) electrons. The van der Waals surface area contributed by atoms with Gasteiger partial charge in [-0.25, -0.2) is 10.4 Å². The molecule has 2 aliphatic rings. The Hall–Kier alpha value is -1.23. The molecule has 0 aromatic rings. The molecule has 70 valence electrons. The van der Waals surface area contributed by atoms with E-state index in [4.69, 9.17) is 0 Å². The molecule has 0 bridgehead atoms. The molecule has 0 aromatic heterocycles. The minimum absolute atomic E-state index is 0.161. The molecule has 5 nitrogen and oxygen atoms in total. The number of nitrogens with one attached hydrogen (secondary N) is 1. The Morgan fingerprint density at radius 1 is 1.54 bits per heavy atom. The van der Waals surface area contributed by atoms with Gasteiger partial charge in [-0.1, -0.05) is 0 Å². The molecule has 0 aliphatic carbocycles. The molecule has 13 heavy (non-hydrogen) atoms. The highest BCUT2D eigenvalue weighted by molar-refractivity contribution is 6.49. The smallest absolute Gasteiger partial charge is 0.283 e. The van der Waals surface area contributed by atoms with E-state index in [0.717, 1.165) is 17.9 Å². The number of amides is 2. The van der Waals surface area contributed by atoms with E-state index in [0.29, 0.717) is 12.3 Å². The summed E-state index contributed by atoms with van der Waals surface area (Å²) in [4.78, 5) is 27.1. The van der Waals surface area contributed by atoms with Gasteiger partial charge in [-0.15, -0.1) is 0 Å². The van der Waals surface area contributed by atoms with Crippen molar-refractivity contribution in [2.24, 2.45) is 10.9 Å². The number of nitrogens with zero attached hydrogens (tertiary/aromatic N) is 2. The highest BCUT2D eigenvalue weighted by Gasteiger charge is 2.44. The summed E-state index contributed by atoms with van der Waals surface area (Å²) >= 11 is 0. The first kappa shape index (κ1) is 8.37. The Morgan fingerprint density at radius 3 is 2.92 bits per heavy atom. The Balaban J connectivity index is 2.35. The molecule has 2 rings (SSSR count). The van der Waals surface area contributed by atoms with E-state index in [1.165, 1.54) is 0 Å². The van der Waals surface area contributed by atoms with E-state index in [2.05, 4.69) is 10.4 Å². The quantitative estimate of drug-likeness (QED) is 0.546. The van der Waals surface area contributed by atoms with Crippen molar-refractivity contribution < 1.29 is 9.59 Å². The summed E-state index contributed by atoms with van der Waals surface area (Å²) in [6.45, 7) is 0.669. The number of hydrogen-bond donors (Lipinski definition) is 1. The van der Waals surface area contributed by atoms with Crippen LogP contribution in [0.25, 0.3) is 0 Å². The monoisotopic (exact) mass is 181 g/mol. The van der Waals surface area contributed by atoms with E-state index in [1.807, 2.05) is 0 Å². The average Bonchev–Trinajstić information content (AvgIpc) is 2.41. The van der Waals surface area contributed by atoms with Crippen LogP contribution in [0.3, 0.4) is 0 Å². The van der Waals surface area contributed by atoms with Crippen LogP contribution in [-0.4, -0.2) is 36.1 Å². The zero-order chi connectivity index (χ0) is 9.42. The van der Waals surface area contributed by atoms with Gasteiger partial charge in [-0.05, 0) is 12.8 Å². The van der Waals surface area contributed by atoms with E-state index < -0.39 is 0 Å². The largest absolute Gasteiger partial charge is 0.289 e. The molecule has 5 heteroatoms. The molecule has 0 saturated carbocycles. The third-order valence-corrected chi connectivity index (χ3v) is 2.43. The standard InChI is InChI=1S/C8H11N3O2/c1-9-11-7(12)5-3-2-4-10-6(5)8(11)13/h5,9H,2-4H2,1H3. The summed E-state index contributed by atoms with van der Waals surface area (Å²) in [5.41, 5.74) is 3.01. The zero-order valence-electron chi connectivity index (χ0n) is 7.41. The minimum atomic E-state index is -0.284. The van der Waals surface area contributed by atoms with E-state index in [9.17, 15) is 9.59 Å². The van der Waals surface area contributed by atoms with Crippen LogP contribution in [0, 0.1) is 5.92 Å². The predicted molar refractivity (Wildman–Crippen MR) is 45.9 cm³/mol. The SMILES string of the molecule is CNN1C(=O)C2=NCCCC2C1=O. The molecule has 1 atom stereocenters. The van der Waals surface area contributed by atoms with Crippen molar-refractivity contribution in [2.75, 3.05) is 13.6 Å². The van der Waals surface area contributed by atoms with Crippen LogP contribution in [0.15, 0.2) is 4.99 Å². The fraction of sp³-hybridized carbons (Fsp3) is 0.625. The van der Waals surface area contributed by atoms with Gasteiger partial charge >= 0.3 is 0 Å². The summed E-state index contributed by atoms with van der Waals surface area (Å²) in [6, 6.07) is 0. The second-order valence-corrected chi connectivity index (χ2v) is 3.16. The lowest BCUT2D eigenvalue weighted by molar-refractivity contribution is -0.141. The maximum absolute atomic E-state index is 11.5. The lowest BCUT2D eigenvalue weighted by Gasteiger charge is -2.11. The highest BCUT2D eigenvalue weighted by Crippen LogP contribution is 2.23. The summed E-state index contributed by atoms with van der Waals surface area (Å²) in [6.07, 6.45) is 1.65. The number of rotatable bonds is 1. The summed E-state index contributed by atoms with van der Waals surface area (Å²) < 4.78 is 0. The van der Waals surface area contributed by atoms with Crippen LogP contribution in [0.2, 0.25) is 0 Å². The number of hydrazine groups is 1. The predicted octanol–water partition coefficient (Wildman–Crippen LogP) is -0.659. The minimum Gasteiger partial charge on any atom is -0.283 e. The lowest BCUT2D eigenvalue weighted by Crippen LogP contribution is -2.40. The molecule has 0 aromatic carbocycles. The third kappa shape index (κ3) is 1.07. The lowest BCUT2D eigenvalue weighted by atomic mass is 9.97. The number of aliphatic imine (C=N–C) groups is 1. The van der Waals surface area contributed by atoms with Gasteiger partial charge in [-0.2, -0.15) is 0 Å². The molecule has 1 unspecified atom stereocenters. The van der Waals surface area contributed by atoms with E-state index in [-0.39, 0.29) is 17.7 Å². The van der Waals surface area contributed by atoms with Crippen molar-refractivity contribution in [1.82, 2.24) is 10.4 Å². The number of carbonyl (C=O) groups is 2. The fourth-order valence-corrected chi connectivity index (χ4v) is 1.78. The number of imide groups is 1. The highest BCUT2D eigenvalue weighted by atomic mass is 16.2. The molecule has 1 saturated heterocycles. The van der Waals surface area contributed by atoms with Crippen LogP contribution in [0.4, 0.5) is 0 Å². The van der Waals surface area contributed by atoms with E-state index in [1.54, 1.807) is 7.05 Å². The van der Waals surface area contributed by atoms with Gasteiger partial charge in [0.2, 0.25) is 0 Å². The summed E-state index contributed by atoms with van der Waals surface area (Å²) in [7, 11) is 1.56. The second-order valence-electron chi connectivity index (χ2n) is 3.16.